The molecular weight excluding hydrogens is 496 g/mol. The Balaban J connectivity index is 0. The molecule has 240 valence electrons. The second kappa shape index (κ2) is 24.8. The van der Waals surface area contributed by atoms with Gasteiger partial charge in [-0.05, 0) is 95.6 Å². The minimum atomic E-state index is -0.564. The molecule has 1 aliphatic heterocycles. The zero-order valence-electron chi connectivity index (χ0n) is 29.3. The molecule has 0 bridgehead atoms. The molecule has 6 unspecified atom stereocenters. The first-order valence-corrected chi connectivity index (χ1v) is 16.4. The number of ether oxygens (including phenoxy) is 2. The second-order valence-electron chi connectivity index (χ2n) is 12.6. The molecule has 1 aliphatic carbocycles. The largest absolute Gasteiger partial charge is 0.388 e. The molecule has 40 heavy (non-hydrogen) atoms. The molecule has 8 atom stereocenters. The van der Waals surface area contributed by atoms with E-state index in [9.17, 15) is 5.11 Å². The van der Waals surface area contributed by atoms with E-state index >= 15 is 0 Å². The minimum absolute atomic E-state index is 0.186. The summed E-state index contributed by atoms with van der Waals surface area (Å²) in [5.41, 5.74) is 2.95. The second-order valence-corrected chi connectivity index (χ2v) is 12.6. The highest BCUT2D eigenvalue weighted by molar-refractivity contribution is 5.88. The quantitative estimate of drug-likeness (QED) is 0.345. The fourth-order valence-electron chi connectivity index (χ4n) is 6.43. The van der Waals surface area contributed by atoms with Gasteiger partial charge in [-0.15, -0.1) is 0 Å². The van der Waals surface area contributed by atoms with Crippen LogP contribution in [-0.4, -0.2) is 69.5 Å². The van der Waals surface area contributed by atoms with Crippen molar-refractivity contribution in [2.24, 2.45) is 34.6 Å². The van der Waals surface area contributed by atoms with Crippen LogP contribution in [0.3, 0.4) is 0 Å². The van der Waals surface area contributed by atoms with Crippen molar-refractivity contribution in [3.63, 3.8) is 0 Å². The maximum Gasteiger partial charge on any atom is 0.156 e. The first kappa shape index (κ1) is 41.4. The number of methoxy groups -OCH3 is 1. The van der Waals surface area contributed by atoms with Gasteiger partial charge >= 0.3 is 0 Å². The minimum Gasteiger partial charge on any atom is -0.388 e. The molecule has 2 fully saturated rings. The van der Waals surface area contributed by atoms with Gasteiger partial charge < -0.3 is 19.5 Å². The summed E-state index contributed by atoms with van der Waals surface area (Å²) in [4.78, 5) is 6.86. The molecule has 0 aromatic heterocycles. The van der Waals surface area contributed by atoms with Crippen LogP contribution in [0.5, 0.6) is 0 Å². The number of nitrogens with zero attached hydrogens (tertiary/aromatic N) is 2. The number of aliphatic imine (C=N–C) groups is 1. The van der Waals surface area contributed by atoms with Crippen molar-refractivity contribution >= 4 is 5.71 Å². The first-order valence-electron chi connectivity index (χ1n) is 16.4. The van der Waals surface area contributed by atoms with E-state index in [1.54, 1.807) is 14.2 Å². The monoisotopic (exact) mass is 569 g/mol. The molecule has 1 heterocycles. The lowest BCUT2D eigenvalue weighted by Crippen LogP contribution is -2.41. The molecule has 2 rings (SSSR count). The zero-order chi connectivity index (χ0) is 31.3. The van der Waals surface area contributed by atoms with E-state index in [2.05, 4.69) is 50.8 Å². The van der Waals surface area contributed by atoms with Gasteiger partial charge in [-0.3, -0.25) is 4.99 Å². The van der Waals surface area contributed by atoms with Gasteiger partial charge in [0.15, 0.2) is 6.29 Å². The SMILES string of the molecule is C=C1CCCCC(C)C(=NC)[C@H](C)CC(CCC)C[C@@H](C)CC1C.CC.CC1CC(N(C)C)CC(O)O1.COC. The number of rotatable bonds is 3. The summed E-state index contributed by atoms with van der Waals surface area (Å²) in [5, 5.41) is 9.25. The third-order valence-electron chi connectivity index (χ3n) is 8.42. The van der Waals surface area contributed by atoms with Crippen molar-refractivity contribution in [2.45, 2.75) is 144 Å². The number of hydrogen-bond acceptors (Lipinski definition) is 5. The topological polar surface area (TPSA) is 54.3 Å². The Morgan fingerprint density at radius 2 is 1.52 bits per heavy atom. The van der Waals surface area contributed by atoms with Crippen molar-refractivity contribution in [1.29, 1.82) is 0 Å². The molecule has 5 heteroatoms. The maximum atomic E-state index is 9.25. The summed E-state index contributed by atoms with van der Waals surface area (Å²) >= 11 is 0. The Hall–Kier alpha value is -0.750. The molecule has 0 spiro atoms. The molecule has 1 saturated heterocycles. The molecule has 1 saturated carbocycles. The fraction of sp³-hybridized carbons (Fsp3) is 0.914. The average Bonchev–Trinajstić information content (AvgIpc) is 2.88. The van der Waals surface area contributed by atoms with Crippen LogP contribution in [0.25, 0.3) is 0 Å². The highest BCUT2D eigenvalue weighted by Gasteiger charge is 2.27. The van der Waals surface area contributed by atoms with E-state index in [1.807, 2.05) is 41.9 Å². The van der Waals surface area contributed by atoms with Gasteiger partial charge in [0.05, 0.1) is 6.10 Å². The van der Waals surface area contributed by atoms with Crippen LogP contribution in [0.4, 0.5) is 0 Å². The van der Waals surface area contributed by atoms with Gasteiger partial charge in [0.25, 0.3) is 0 Å². The molecule has 0 aromatic rings. The zero-order valence-corrected chi connectivity index (χ0v) is 29.3. The van der Waals surface area contributed by atoms with Gasteiger partial charge in [0.1, 0.15) is 0 Å². The van der Waals surface area contributed by atoms with Crippen LogP contribution in [0.2, 0.25) is 0 Å². The lowest BCUT2D eigenvalue weighted by Gasteiger charge is -2.34. The summed E-state index contributed by atoms with van der Waals surface area (Å²) in [5.74, 6) is 3.63. The predicted octanol–water partition coefficient (Wildman–Crippen LogP) is 9.04. The first-order chi connectivity index (χ1) is 18.9. The van der Waals surface area contributed by atoms with Crippen LogP contribution >= 0.6 is 0 Å². The summed E-state index contributed by atoms with van der Waals surface area (Å²) in [7, 11) is 9.33. The summed E-state index contributed by atoms with van der Waals surface area (Å²) in [6.45, 7) is 22.4. The van der Waals surface area contributed by atoms with Crippen LogP contribution in [-0.2, 0) is 9.47 Å². The molecular formula is C35H72N2O3. The molecule has 2 aliphatic rings. The van der Waals surface area contributed by atoms with Gasteiger partial charge in [0.2, 0.25) is 0 Å². The van der Waals surface area contributed by atoms with E-state index in [4.69, 9.17) is 9.73 Å². The third-order valence-corrected chi connectivity index (χ3v) is 8.42. The maximum absolute atomic E-state index is 9.25. The van der Waals surface area contributed by atoms with Crippen molar-refractivity contribution in [2.75, 3.05) is 35.4 Å². The lowest BCUT2D eigenvalue weighted by molar-refractivity contribution is -0.172. The number of hydrogen-bond donors (Lipinski definition) is 1. The fourth-order valence-corrected chi connectivity index (χ4v) is 6.43. The van der Waals surface area contributed by atoms with Crippen molar-refractivity contribution in [1.82, 2.24) is 4.90 Å². The highest BCUT2D eigenvalue weighted by Crippen LogP contribution is 2.33. The average molecular weight is 569 g/mol. The molecule has 0 aromatic carbocycles. The highest BCUT2D eigenvalue weighted by atomic mass is 16.6. The van der Waals surface area contributed by atoms with E-state index in [-0.39, 0.29) is 6.10 Å². The van der Waals surface area contributed by atoms with E-state index in [1.165, 1.54) is 69.1 Å². The van der Waals surface area contributed by atoms with Gasteiger partial charge in [-0.1, -0.05) is 79.9 Å². The van der Waals surface area contributed by atoms with E-state index < -0.39 is 6.29 Å². The van der Waals surface area contributed by atoms with Gasteiger partial charge in [-0.2, -0.15) is 0 Å². The van der Waals surface area contributed by atoms with Crippen molar-refractivity contribution in [3.8, 4) is 0 Å². The Kier molecular flexibility index (Phi) is 25.7. The van der Waals surface area contributed by atoms with Crippen LogP contribution in [0, 0.1) is 29.6 Å². The van der Waals surface area contributed by atoms with Gasteiger partial charge in [-0.25, -0.2) is 0 Å². The van der Waals surface area contributed by atoms with Crippen LogP contribution in [0.1, 0.15) is 126 Å². The molecule has 0 amide bonds. The Morgan fingerprint density at radius 1 is 0.925 bits per heavy atom. The van der Waals surface area contributed by atoms with E-state index in [0.29, 0.717) is 23.8 Å². The summed E-state index contributed by atoms with van der Waals surface area (Å²) in [6.07, 6.45) is 13.2. The van der Waals surface area contributed by atoms with Crippen LogP contribution in [0.15, 0.2) is 17.1 Å². The normalized spacial score (nSPS) is 33.4. The van der Waals surface area contributed by atoms with Gasteiger partial charge in [0, 0.05) is 39.4 Å². The molecule has 0 radical (unpaired) electrons. The Bertz CT molecular complexity index is 626. The number of aliphatic hydroxyl groups excluding tert-OH is 1. The summed E-state index contributed by atoms with van der Waals surface area (Å²) in [6, 6.07) is 0.466. The Morgan fingerprint density at radius 3 is 2.02 bits per heavy atom. The Labute approximate surface area is 251 Å². The summed E-state index contributed by atoms with van der Waals surface area (Å²) < 4.78 is 9.45. The van der Waals surface area contributed by atoms with Crippen LogP contribution < -0.4 is 0 Å². The van der Waals surface area contributed by atoms with Crippen molar-refractivity contribution in [3.05, 3.63) is 12.2 Å². The number of aliphatic hydroxyl groups is 1. The van der Waals surface area contributed by atoms with Crippen molar-refractivity contribution < 1.29 is 14.6 Å². The number of allylic oxidation sites excluding steroid dienone is 1. The lowest BCUT2D eigenvalue weighted by atomic mass is 9.77. The molecule has 1 N–H and O–H groups in total. The smallest absolute Gasteiger partial charge is 0.156 e. The predicted molar refractivity (Wildman–Crippen MR) is 177 cm³/mol. The molecule has 5 nitrogen and oxygen atoms in total. The third kappa shape index (κ3) is 18.6. The van der Waals surface area contributed by atoms with E-state index in [0.717, 1.165) is 24.7 Å². The standard InChI is InChI=1S/C23H43N.C8H17NO2.C2H6O.C2H6/c1-8-11-22-15-17(2)14-20(5)18(3)12-9-10-13-19(4)23(24-7)21(6)16-22;1-6-4-7(9(2)3)5-8(10)11-6;1-3-2;1-2/h17,19-22H,3,8-16H2,1-2,4-7H3;6-8,10H,4-5H2,1-3H3;1-2H3;1-2H3/t17-,19?,20?,21+,22?;;;/m0.../s1.